The van der Waals surface area contributed by atoms with Crippen molar-refractivity contribution in [1.82, 2.24) is 10.6 Å². The fourth-order valence-electron chi connectivity index (χ4n) is 2.55. The minimum Gasteiger partial charge on any atom is -0.480 e. The van der Waals surface area contributed by atoms with Gasteiger partial charge in [-0.25, -0.2) is 9.59 Å². The fraction of sp³-hybridized carbons (Fsp3) is 0.550. The van der Waals surface area contributed by atoms with Gasteiger partial charge < -0.3 is 30.5 Å². The molecule has 0 unspecified atom stereocenters. The van der Waals surface area contributed by atoms with E-state index in [1.165, 1.54) is 0 Å². The van der Waals surface area contributed by atoms with E-state index in [1.54, 1.807) is 0 Å². The molecule has 0 fully saturated rings. The number of benzene rings is 1. The Morgan fingerprint density at radius 1 is 1.07 bits per heavy atom. The molecule has 30 heavy (non-hydrogen) atoms. The molecule has 0 spiro atoms. The molecule has 0 heterocycles. The SMILES string of the molecule is CCCC[C@H](NC(=O)[C@H](CC(C)C)NC(=O)OCc1ccccc1)C(=O)O.OBO. The summed E-state index contributed by atoms with van der Waals surface area (Å²) in [5.74, 6) is -1.45. The van der Waals surface area contributed by atoms with E-state index < -0.39 is 37.7 Å². The van der Waals surface area contributed by atoms with Crippen LogP contribution in [0.3, 0.4) is 0 Å². The standard InChI is InChI=1S/C20H30N2O5.BH3O2/c1-4-5-11-16(19(24)25)21-18(23)17(12-14(2)3)22-20(26)27-13-15-9-7-6-8-10-15;2-1-3/h6-10,14,16-17H,4-5,11-13H2,1-3H3,(H,21,23)(H,22,26)(H,24,25);1-3H/t16-,17-;/m0./s1. The number of hydrogen-bond acceptors (Lipinski definition) is 6. The first kappa shape index (κ1) is 27.4. The van der Waals surface area contributed by atoms with Crippen LogP contribution in [0.2, 0.25) is 0 Å². The average molecular weight is 424 g/mol. The van der Waals surface area contributed by atoms with E-state index >= 15 is 0 Å². The van der Waals surface area contributed by atoms with Crippen LogP contribution >= 0.6 is 0 Å². The highest BCUT2D eigenvalue weighted by Gasteiger charge is 2.27. The molecule has 168 valence electrons. The van der Waals surface area contributed by atoms with Gasteiger partial charge in [-0.3, -0.25) is 4.79 Å². The van der Waals surface area contributed by atoms with Crippen LogP contribution < -0.4 is 10.6 Å². The summed E-state index contributed by atoms with van der Waals surface area (Å²) in [6.45, 7) is 5.88. The van der Waals surface area contributed by atoms with Crippen LogP contribution in [0.25, 0.3) is 0 Å². The van der Waals surface area contributed by atoms with Crippen molar-refractivity contribution in [2.75, 3.05) is 0 Å². The minimum absolute atomic E-state index is 0.0942. The molecule has 1 rings (SSSR count). The molecule has 0 saturated heterocycles. The smallest absolute Gasteiger partial charge is 0.432 e. The number of rotatable bonds is 11. The number of carbonyl (C=O) groups excluding carboxylic acids is 2. The van der Waals surface area contributed by atoms with Gasteiger partial charge in [-0.15, -0.1) is 0 Å². The maximum atomic E-state index is 12.5. The summed E-state index contributed by atoms with van der Waals surface area (Å²) < 4.78 is 5.16. The first-order valence-corrected chi connectivity index (χ1v) is 9.97. The molecule has 5 N–H and O–H groups in total. The van der Waals surface area contributed by atoms with Gasteiger partial charge in [-0.1, -0.05) is 63.9 Å². The van der Waals surface area contributed by atoms with Crippen molar-refractivity contribution in [2.24, 2.45) is 5.92 Å². The maximum Gasteiger partial charge on any atom is 0.432 e. The van der Waals surface area contributed by atoms with Crippen LogP contribution in [0.1, 0.15) is 52.0 Å². The summed E-state index contributed by atoms with van der Waals surface area (Å²) in [6, 6.07) is 7.39. The zero-order chi connectivity index (χ0) is 22.9. The molecule has 0 radical (unpaired) electrons. The predicted molar refractivity (Wildman–Crippen MR) is 114 cm³/mol. The van der Waals surface area contributed by atoms with Crippen molar-refractivity contribution < 1.29 is 34.3 Å². The Morgan fingerprint density at radius 3 is 2.17 bits per heavy atom. The average Bonchev–Trinajstić information content (AvgIpc) is 2.69. The number of nitrogens with one attached hydrogen (secondary N) is 2. The lowest BCUT2D eigenvalue weighted by molar-refractivity contribution is -0.142. The second-order valence-electron chi connectivity index (χ2n) is 7.07. The molecule has 10 heteroatoms. The third-order valence-electron chi connectivity index (χ3n) is 3.99. The van der Waals surface area contributed by atoms with E-state index in [4.69, 9.17) is 14.8 Å². The zero-order valence-corrected chi connectivity index (χ0v) is 17.8. The molecule has 0 aliphatic carbocycles. The van der Waals surface area contributed by atoms with Gasteiger partial charge in [0.2, 0.25) is 5.91 Å². The third kappa shape index (κ3) is 12.8. The molecule has 1 aromatic carbocycles. The number of unbranched alkanes of at least 4 members (excludes halogenated alkanes) is 1. The van der Waals surface area contributed by atoms with Gasteiger partial charge >= 0.3 is 19.7 Å². The monoisotopic (exact) mass is 424 g/mol. The number of alkyl carbamates (subject to hydrolysis) is 1. The molecule has 0 aliphatic heterocycles. The number of ether oxygens (including phenoxy) is 1. The van der Waals surface area contributed by atoms with Crippen LogP contribution in [0.15, 0.2) is 30.3 Å². The van der Waals surface area contributed by atoms with Gasteiger partial charge in [0.05, 0.1) is 0 Å². The second-order valence-corrected chi connectivity index (χ2v) is 7.07. The Labute approximate surface area is 178 Å². The summed E-state index contributed by atoms with van der Waals surface area (Å²) in [6.07, 6.45) is 1.55. The lowest BCUT2D eigenvalue weighted by atomic mass is 10.0. The molecule has 9 nitrogen and oxygen atoms in total. The predicted octanol–water partition coefficient (Wildman–Crippen LogP) is 1.32. The first-order valence-electron chi connectivity index (χ1n) is 9.97. The summed E-state index contributed by atoms with van der Waals surface area (Å²) in [5.41, 5.74) is 0.836. The molecule has 0 bridgehead atoms. The van der Waals surface area contributed by atoms with Crippen molar-refractivity contribution in [3.05, 3.63) is 35.9 Å². The van der Waals surface area contributed by atoms with Crippen molar-refractivity contribution in [3.63, 3.8) is 0 Å². The number of amides is 2. The van der Waals surface area contributed by atoms with E-state index in [0.29, 0.717) is 19.3 Å². The molecule has 2 amide bonds. The Balaban J connectivity index is 0.00000263. The van der Waals surface area contributed by atoms with Crippen molar-refractivity contribution in [1.29, 1.82) is 0 Å². The Morgan fingerprint density at radius 2 is 1.67 bits per heavy atom. The normalized spacial score (nSPS) is 12.1. The van der Waals surface area contributed by atoms with Crippen LogP contribution in [-0.2, 0) is 20.9 Å². The molecule has 0 aromatic heterocycles. The number of carboxylic acids is 1. The topological polar surface area (TPSA) is 145 Å². The van der Waals surface area contributed by atoms with Crippen LogP contribution in [0.5, 0.6) is 0 Å². The summed E-state index contributed by atoms with van der Waals surface area (Å²) in [4.78, 5) is 35.9. The summed E-state index contributed by atoms with van der Waals surface area (Å²) >= 11 is 0. The Hall–Kier alpha value is -2.59. The Bertz CT molecular complexity index is 629. The lowest BCUT2D eigenvalue weighted by Crippen LogP contribution is -2.52. The maximum absolute atomic E-state index is 12.5. The highest BCUT2D eigenvalue weighted by molar-refractivity contribution is 6.13. The zero-order valence-electron chi connectivity index (χ0n) is 17.8. The lowest BCUT2D eigenvalue weighted by Gasteiger charge is -2.22. The largest absolute Gasteiger partial charge is 0.480 e. The fourth-order valence-corrected chi connectivity index (χ4v) is 2.55. The molecule has 1 aromatic rings. The van der Waals surface area contributed by atoms with Gasteiger partial charge in [-0.2, -0.15) is 0 Å². The Kier molecular flexibility index (Phi) is 14.8. The van der Waals surface area contributed by atoms with Crippen LogP contribution in [0.4, 0.5) is 4.79 Å². The quantitative estimate of drug-likeness (QED) is 0.337. The van der Waals surface area contributed by atoms with Crippen LogP contribution in [0, 0.1) is 5.92 Å². The third-order valence-corrected chi connectivity index (χ3v) is 3.99. The van der Waals surface area contributed by atoms with Crippen molar-refractivity contribution >= 4 is 25.7 Å². The molecule has 0 aliphatic rings. The number of carboxylic acid groups (broad SMARTS) is 1. The second kappa shape index (κ2) is 16.2. The van der Waals surface area contributed by atoms with E-state index in [9.17, 15) is 19.5 Å². The minimum atomic E-state index is -1.08. The van der Waals surface area contributed by atoms with Gasteiger partial charge in [-0.05, 0) is 24.3 Å². The van der Waals surface area contributed by atoms with Crippen molar-refractivity contribution in [2.45, 2.75) is 65.1 Å². The van der Waals surface area contributed by atoms with E-state index in [1.807, 2.05) is 51.1 Å². The van der Waals surface area contributed by atoms with Crippen molar-refractivity contribution in [3.8, 4) is 0 Å². The molecular weight excluding hydrogens is 391 g/mol. The molecular formula is C20H33BN2O7. The van der Waals surface area contributed by atoms with Gasteiger partial charge in [0.1, 0.15) is 18.7 Å². The van der Waals surface area contributed by atoms with Crippen LogP contribution in [-0.4, -0.2) is 52.9 Å². The van der Waals surface area contributed by atoms with Gasteiger partial charge in [0.15, 0.2) is 0 Å². The van der Waals surface area contributed by atoms with E-state index in [2.05, 4.69) is 10.6 Å². The molecule has 0 saturated carbocycles. The van der Waals surface area contributed by atoms with E-state index in [-0.39, 0.29) is 12.5 Å². The highest BCUT2D eigenvalue weighted by Crippen LogP contribution is 2.08. The highest BCUT2D eigenvalue weighted by atomic mass is 16.5. The van der Waals surface area contributed by atoms with E-state index in [0.717, 1.165) is 12.0 Å². The summed E-state index contributed by atoms with van der Waals surface area (Å²) in [7, 11) is -0.750. The first-order chi connectivity index (χ1) is 14.2. The summed E-state index contributed by atoms with van der Waals surface area (Å²) in [5, 5.41) is 28.6. The number of hydrogen-bond donors (Lipinski definition) is 5. The van der Waals surface area contributed by atoms with Gasteiger partial charge in [0, 0.05) is 0 Å². The number of carbonyl (C=O) groups is 3. The number of aliphatic carboxylic acids is 1. The molecule has 2 atom stereocenters. The van der Waals surface area contributed by atoms with Gasteiger partial charge in [0.25, 0.3) is 0 Å².